The highest BCUT2D eigenvalue weighted by Gasteiger charge is 2.51. The first-order chi connectivity index (χ1) is 19.8. The summed E-state index contributed by atoms with van der Waals surface area (Å²) in [6, 6.07) is 21.4. The lowest BCUT2D eigenvalue weighted by molar-refractivity contribution is -0.150. The Balaban J connectivity index is 1.59. The minimum Gasteiger partial charge on any atom is -0.462 e. The van der Waals surface area contributed by atoms with E-state index in [4.69, 9.17) is 9.16 Å². The van der Waals surface area contributed by atoms with Crippen molar-refractivity contribution in [3.8, 4) is 0 Å². The fourth-order valence-corrected chi connectivity index (χ4v) is 10.8. The highest BCUT2D eigenvalue weighted by molar-refractivity contribution is 6.99. The van der Waals surface area contributed by atoms with Crippen LogP contribution in [0, 0.1) is 11.8 Å². The Kier molecular flexibility index (Phi) is 11.0. The molecule has 2 aliphatic rings. The van der Waals surface area contributed by atoms with Gasteiger partial charge in [0.25, 0.3) is 8.32 Å². The molecule has 0 unspecified atom stereocenters. The van der Waals surface area contributed by atoms with Gasteiger partial charge in [0, 0.05) is 18.8 Å². The molecule has 1 heterocycles. The number of carbonyl (C=O) groups excluding carboxylic acids is 1. The molecule has 220 valence electrons. The van der Waals surface area contributed by atoms with Crippen LogP contribution in [0.2, 0.25) is 5.04 Å². The van der Waals surface area contributed by atoms with Crippen LogP contribution < -0.4 is 10.4 Å². The van der Waals surface area contributed by atoms with Crippen molar-refractivity contribution < 1.29 is 19.1 Å². The molecule has 4 nitrogen and oxygen atoms in total. The lowest BCUT2D eigenvalue weighted by Gasteiger charge is -2.44. The molecule has 5 atom stereocenters. The van der Waals surface area contributed by atoms with E-state index in [9.17, 15) is 9.90 Å². The normalized spacial score (nSPS) is 24.3. The third kappa shape index (κ3) is 7.97. The fraction of sp³-hybridized carbons (Fsp3) is 0.472. The second kappa shape index (κ2) is 14.4. The Labute approximate surface area is 248 Å². The molecule has 0 saturated heterocycles. The number of ether oxygens (including phenoxy) is 1. The van der Waals surface area contributed by atoms with E-state index < -0.39 is 14.4 Å². The average Bonchev–Trinajstić information content (AvgIpc) is 3.75. The van der Waals surface area contributed by atoms with Gasteiger partial charge in [-0.05, 0) is 53.4 Å². The van der Waals surface area contributed by atoms with Crippen molar-refractivity contribution in [2.24, 2.45) is 11.8 Å². The third-order valence-corrected chi connectivity index (χ3v) is 13.5. The Morgan fingerprint density at radius 3 is 2.27 bits per heavy atom. The van der Waals surface area contributed by atoms with Crippen molar-refractivity contribution in [2.45, 2.75) is 96.0 Å². The first-order valence-electron chi connectivity index (χ1n) is 15.4. The SMILES string of the molecule is CC/C=C\C[C@H](/C=C/[C@@H](O)[C@@H]1C[C@H]1[C@@H]1C/C=C\CCCC(=O)O1)O[Si](c1ccccc1)(c1ccccc1)C(C)(C)C. The molecular weight excluding hydrogens is 524 g/mol. The summed E-state index contributed by atoms with van der Waals surface area (Å²) in [5.41, 5.74) is 0. The lowest BCUT2D eigenvalue weighted by atomic mass is 10.1. The zero-order valence-electron chi connectivity index (χ0n) is 25.2. The van der Waals surface area contributed by atoms with Gasteiger partial charge in [-0.25, -0.2) is 0 Å². The van der Waals surface area contributed by atoms with E-state index in [2.05, 4.69) is 119 Å². The molecule has 1 aliphatic carbocycles. The van der Waals surface area contributed by atoms with E-state index >= 15 is 0 Å². The van der Waals surface area contributed by atoms with E-state index in [0.29, 0.717) is 6.42 Å². The number of esters is 1. The summed E-state index contributed by atoms with van der Waals surface area (Å²) in [6.07, 6.45) is 17.2. The zero-order chi connectivity index (χ0) is 29.3. The molecule has 1 N–H and O–H groups in total. The van der Waals surface area contributed by atoms with Crippen molar-refractivity contribution in [3.05, 3.63) is 97.1 Å². The molecule has 1 aliphatic heterocycles. The molecule has 4 rings (SSSR count). The van der Waals surface area contributed by atoms with Crippen LogP contribution in [0.3, 0.4) is 0 Å². The number of cyclic esters (lactones) is 1. The Bertz CT molecular complexity index is 1140. The predicted octanol–water partition coefficient (Wildman–Crippen LogP) is 6.88. The summed E-state index contributed by atoms with van der Waals surface area (Å²) in [7, 11) is -2.75. The second-order valence-electron chi connectivity index (χ2n) is 12.5. The molecule has 1 saturated carbocycles. The van der Waals surface area contributed by atoms with E-state index in [1.807, 2.05) is 6.08 Å². The summed E-state index contributed by atoms with van der Waals surface area (Å²) in [4.78, 5) is 12.3. The molecule has 0 spiro atoms. The van der Waals surface area contributed by atoms with Crippen LogP contribution in [0.4, 0.5) is 0 Å². The van der Waals surface area contributed by atoms with Gasteiger partial charge in [0.05, 0.1) is 12.2 Å². The van der Waals surface area contributed by atoms with Gasteiger partial charge in [-0.3, -0.25) is 4.79 Å². The Morgan fingerprint density at radius 2 is 1.66 bits per heavy atom. The van der Waals surface area contributed by atoms with Crippen molar-refractivity contribution in [1.29, 1.82) is 0 Å². The molecule has 2 aromatic rings. The molecule has 0 radical (unpaired) electrons. The van der Waals surface area contributed by atoms with Crippen LogP contribution >= 0.6 is 0 Å². The number of allylic oxidation sites excluding steroid dienone is 2. The quantitative estimate of drug-likeness (QED) is 0.181. The molecular formula is C36H48O4Si. The van der Waals surface area contributed by atoms with E-state index in [1.165, 1.54) is 10.4 Å². The minimum absolute atomic E-state index is 0.0953. The molecule has 41 heavy (non-hydrogen) atoms. The summed E-state index contributed by atoms with van der Waals surface area (Å²) in [6.45, 7) is 9.01. The molecule has 0 bridgehead atoms. The maximum absolute atomic E-state index is 12.3. The van der Waals surface area contributed by atoms with Crippen molar-refractivity contribution in [3.63, 3.8) is 0 Å². The van der Waals surface area contributed by atoms with Gasteiger partial charge in [-0.1, -0.05) is 125 Å². The monoisotopic (exact) mass is 572 g/mol. The number of carbonyl (C=O) groups is 1. The van der Waals surface area contributed by atoms with Crippen LogP contribution in [0.25, 0.3) is 0 Å². The fourth-order valence-electron chi connectivity index (χ4n) is 6.17. The van der Waals surface area contributed by atoms with Crippen molar-refractivity contribution in [1.82, 2.24) is 0 Å². The summed E-state index contributed by atoms with van der Waals surface area (Å²) in [5.74, 6) is 0.172. The van der Waals surface area contributed by atoms with Gasteiger partial charge < -0.3 is 14.3 Å². The lowest BCUT2D eigenvalue weighted by Crippen LogP contribution is -2.67. The van der Waals surface area contributed by atoms with E-state index in [-0.39, 0.29) is 35.1 Å². The maximum atomic E-state index is 12.3. The Morgan fingerprint density at radius 1 is 1.00 bits per heavy atom. The van der Waals surface area contributed by atoms with Crippen LogP contribution in [0.5, 0.6) is 0 Å². The van der Waals surface area contributed by atoms with Crippen LogP contribution in [0.1, 0.15) is 72.6 Å². The maximum Gasteiger partial charge on any atom is 0.306 e. The summed E-state index contributed by atoms with van der Waals surface area (Å²) in [5, 5.41) is 13.6. The molecule has 0 aromatic heterocycles. The highest BCUT2D eigenvalue weighted by atomic mass is 28.4. The van der Waals surface area contributed by atoms with E-state index in [0.717, 1.165) is 38.5 Å². The zero-order valence-corrected chi connectivity index (χ0v) is 26.2. The van der Waals surface area contributed by atoms with Gasteiger partial charge in [-0.2, -0.15) is 0 Å². The number of rotatable bonds is 11. The summed E-state index contributed by atoms with van der Waals surface area (Å²) >= 11 is 0. The standard InChI is InChI=1S/C36H48O4Si/c1-5-6-11-18-28(25-26-33(37)31-27-32(31)34-23-16-7-8-17-24-35(38)39-34)40-41(36(2,3)4,29-19-12-9-13-20-29)30-21-14-10-15-22-30/h6-7,9-16,19-22,25-26,28,31-34,37H,5,8,17-18,23-24,27H2,1-4H3/b11-6-,16-7-,26-25+/t28-,31-,32-,33-,34+/m1/s1. The van der Waals surface area contributed by atoms with Gasteiger partial charge >= 0.3 is 5.97 Å². The van der Waals surface area contributed by atoms with Gasteiger partial charge in [0.1, 0.15) is 6.10 Å². The Hall–Kier alpha value is -2.73. The number of hydrogen-bond acceptors (Lipinski definition) is 4. The third-order valence-electron chi connectivity index (χ3n) is 8.42. The van der Waals surface area contributed by atoms with Crippen LogP contribution in [-0.2, 0) is 14.0 Å². The van der Waals surface area contributed by atoms with Crippen LogP contribution in [-0.4, -0.2) is 37.7 Å². The smallest absolute Gasteiger partial charge is 0.306 e. The van der Waals surface area contributed by atoms with Crippen molar-refractivity contribution >= 4 is 24.7 Å². The average molecular weight is 573 g/mol. The molecule has 0 amide bonds. The van der Waals surface area contributed by atoms with Crippen molar-refractivity contribution in [2.75, 3.05) is 0 Å². The molecule has 5 heteroatoms. The predicted molar refractivity (Wildman–Crippen MR) is 171 cm³/mol. The second-order valence-corrected chi connectivity index (χ2v) is 16.8. The molecule has 2 aromatic carbocycles. The minimum atomic E-state index is -2.75. The summed E-state index contributed by atoms with van der Waals surface area (Å²) < 4.78 is 13.2. The number of aliphatic hydroxyl groups is 1. The highest BCUT2D eigenvalue weighted by Crippen LogP contribution is 2.47. The number of benzene rings is 2. The molecule has 1 fully saturated rings. The first kappa shape index (κ1) is 31.2. The number of aliphatic hydroxyl groups excluding tert-OH is 1. The van der Waals surface area contributed by atoms with Gasteiger partial charge in [0.15, 0.2) is 0 Å². The van der Waals surface area contributed by atoms with Gasteiger partial charge in [0.2, 0.25) is 0 Å². The first-order valence-corrected chi connectivity index (χ1v) is 17.3. The van der Waals surface area contributed by atoms with Gasteiger partial charge in [-0.15, -0.1) is 0 Å². The largest absolute Gasteiger partial charge is 0.462 e. The van der Waals surface area contributed by atoms with Crippen LogP contribution in [0.15, 0.2) is 97.1 Å². The van der Waals surface area contributed by atoms with E-state index in [1.54, 1.807) is 0 Å². The topological polar surface area (TPSA) is 55.8 Å². The number of hydrogen-bond donors (Lipinski definition) is 1.